The third-order valence-electron chi connectivity index (χ3n) is 5.26. The van der Waals surface area contributed by atoms with E-state index in [0.717, 1.165) is 0 Å². The van der Waals surface area contributed by atoms with E-state index < -0.39 is 5.82 Å². The smallest absolute Gasteiger partial charge is 0.253 e. The molecule has 0 bridgehead atoms. The van der Waals surface area contributed by atoms with Crippen molar-refractivity contribution >= 4 is 28.5 Å². The van der Waals surface area contributed by atoms with Crippen molar-refractivity contribution in [1.82, 2.24) is 15.1 Å². The van der Waals surface area contributed by atoms with E-state index in [4.69, 9.17) is 4.74 Å². The van der Waals surface area contributed by atoms with Gasteiger partial charge in [-0.25, -0.2) is 4.39 Å². The van der Waals surface area contributed by atoms with Gasteiger partial charge in [-0.2, -0.15) is 5.10 Å². The number of piperidine rings is 1. The summed E-state index contributed by atoms with van der Waals surface area (Å²) in [6.07, 6.45) is 1.11. The zero-order valence-electron chi connectivity index (χ0n) is 15.9. The number of methoxy groups -OCH3 is 1. The highest BCUT2D eigenvalue weighted by atomic mass is 19.1. The first kappa shape index (κ1) is 18.9. The van der Waals surface area contributed by atoms with Gasteiger partial charge < -0.3 is 15.0 Å². The quantitative estimate of drug-likeness (QED) is 0.709. The highest BCUT2D eigenvalue weighted by Crippen LogP contribution is 2.25. The van der Waals surface area contributed by atoms with E-state index in [1.807, 2.05) is 0 Å². The summed E-state index contributed by atoms with van der Waals surface area (Å²) < 4.78 is 18.9. The number of carbonyl (C=O) groups excluding carboxylic acids is 2. The second-order valence-corrected chi connectivity index (χ2v) is 7.02. The maximum Gasteiger partial charge on any atom is 0.253 e. The number of amides is 2. The van der Waals surface area contributed by atoms with Gasteiger partial charge in [0.2, 0.25) is 5.91 Å². The number of aromatic amines is 1. The molecular weight excluding hydrogens is 375 g/mol. The first-order chi connectivity index (χ1) is 14.1. The number of H-pyrrole nitrogens is 1. The molecule has 0 spiro atoms. The predicted molar refractivity (Wildman–Crippen MR) is 106 cm³/mol. The van der Waals surface area contributed by atoms with E-state index in [0.29, 0.717) is 48.4 Å². The average Bonchev–Trinajstić information content (AvgIpc) is 3.17. The molecule has 1 fully saturated rings. The number of rotatable bonds is 4. The fraction of sp³-hybridized carbons (Fsp3) is 0.286. The lowest BCUT2D eigenvalue weighted by Crippen LogP contribution is -2.41. The molecule has 1 aliphatic heterocycles. The number of anilines is 1. The van der Waals surface area contributed by atoms with Crippen molar-refractivity contribution in [2.75, 3.05) is 25.5 Å². The number of hydrogen-bond acceptors (Lipinski definition) is 4. The number of likely N-dealkylation sites (tertiary alicyclic amines) is 1. The molecule has 29 heavy (non-hydrogen) atoms. The van der Waals surface area contributed by atoms with E-state index in [9.17, 15) is 14.0 Å². The molecule has 2 N–H and O–H groups in total. The Hall–Kier alpha value is -3.42. The number of para-hydroxylation sites is 1. The van der Waals surface area contributed by atoms with Crippen LogP contribution in [0.1, 0.15) is 23.2 Å². The van der Waals surface area contributed by atoms with Gasteiger partial charge >= 0.3 is 0 Å². The van der Waals surface area contributed by atoms with Crippen molar-refractivity contribution in [3.8, 4) is 5.75 Å². The number of ether oxygens (including phenoxy) is 1. The molecule has 3 aromatic rings. The van der Waals surface area contributed by atoms with Gasteiger partial charge in [0.1, 0.15) is 17.1 Å². The number of nitrogens with zero attached hydrogens (tertiary/aromatic N) is 2. The monoisotopic (exact) mass is 396 g/mol. The molecule has 0 radical (unpaired) electrons. The number of fused-ring (bicyclic) bond motifs is 1. The van der Waals surface area contributed by atoms with Crippen LogP contribution in [0.2, 0.25) is 0 Å². The lowest BCUT2D eigenvalue weighted by molar-refractivity contribution is -0.121. The summed E-state index contributed by atoms with van der Waals surface area (Å²) in [5, 5.41) is 9.94. The summed E-state index contributed by atoms with van der Waals surface area (Å²) in [6.45, 7) is 0.980. The minimum atomic E-state index is -0.417. The topological polar surface area (TPSA) is 87.3 Å². The van der Waals surface area contributed by atoms with Crippen LogP contribution in [0.5, 0.6) is 5.75 Å². The molecule has 4 rings (SSSR count). The standard InChI is InChI=1S/C21H21FN4O3/c1-29-15-5-2-4-14(12-15)21(28)26-10-8-13(9-11-26)20(27)23-19-16-6-3-7-17(22)18(16)24-25-19/h2-7,12-13H,8-11H2,1H3,(H2,23,24,25,27). The zero-order chi connectivity index (χ0) is 20.4. The summed E-state index contributed by atoms with van der Waals surface area (Å²) in [5.74, 6) is 0.0596. The number of hydrogen-bond donors (Lipinski definition) is 2. The lowest BCUT2D eigenvalue weighted by atomic mass is 9.95. The number of benzene rings is 2. The lowest BCUT2D eigenvalue weighted by Gasteiger charge is -2.31. The Kier molecular flexibility index (Phi) is 5.16. The first-order valence-electron chi connectivity index (χ1n) is 9.43. The van der Waals surface area contributed by atoms with Crippen molar-refractivity contribution in [3.63, 3.8) is 0 Å². The number of aromatic nitrogens is 2. The summed E-state index contributed by atoms with van der Waals surface area (Å²) in [4.78, 5) is 27.1. The zero-order valence-corrected chi connectivity index (χ0v) is 15.9. The highest BCUT2D eigenvalue weighted by Gasteiger charge is 2.28. The van der Waals surface area contributed by atoms with Crippen molar-refractivity contribution in [3.05, 3.63) is 53.8 Å². The molecule has 0 atom stereocenters. The molecule has 150 valence electrons. The molecule has 2 heterocycles. The molecule has 7 nitrogen and oxygen atoms in total. The maximum absolute atomic E-state index is 13.8. The van der Waals surface area contributed by atoms with Gasteiger partial charge in [-0.1, -0.05) is 12.1 Å². The normalized spacial score (nSPS) is 14.8. The third-order valence-corrected chi connectivity index (χ3v) is 5.26. The Morgan fingerprint density at radius 3 is 2.72 bits per heavy atom. The van der Waals surface area contributed by atoms with Gasteiger partial charge in [0.25, 0.3) is 5.91 Å². The van der Waals surface area contributed by atoms with Crippen LogP contribution >= 0.6 is 0 Å². The fourth-order valence-electron chi connectivity index (χ4n) is 3.60. The van der Waals surface area contributed by atoms with Gasteiger partial charge in [-0.05, 0) is 43.2 Å². The van der Waals surface area contributed by atoms with Crippen molar-refractivity contribution in [2.45, 2.75) is 12.8 Å². The minimum absolute atomic E-state index is 0.0727. The Balaban J connectivity index is 1.38. The van der Waals surface area contributed by atoms with Crippen LogP contribution in [0.25, 0.3) is 10.9 Å². The molecule has 1 aliphatic rings. The van der Waals surface area contributed by atoms with Gasteiger partial charge in [-0.3, -0.25) is 14.7 Å². The molecule has 0 unspecified atom stereocenters. The number of carbonyl (C=O) groups is 2. The van der Waals surface area contributed by atoms with Crippen molar-refractivity contribution in [2.24, 2.45) is 5.92 Å². The predicted octanol–water partition coefficient (Wildman–Crippen LogP) is 3.20. The molecule has 0 saturated carbocycles. The van der Waals surface area contributed by atoms with E-state index in [1.165, 1.54) is 6.07 Å². The second-order valence-electron chi connectivity index (χ2n) is 7.02. The van der Waals surface area contributed by atoms with Crippen LogP contribution < -0.4 is 10.1 Å². The Morgan fingerprint density at radius 1 is 1.21 bits per heavy atom. The number of nitrogens with one attached hydrogen (secondary N) is 2. The Labute approximate surface area is 166 Å². The molecular formula is C21H21FN4O3. The molecule has 2 aromatic carbocycles. The van der Waals surface area contributed by atoms with Crippen molar-refractivity contribution in [1.29, 1.82) is 0 Å². The molecule has 1 saturated heterocycles. The first-order valence-corrected chi connectivity index (χ1v) is 9.43. The summed E-state index contributed by atoms with van der Waals surface area (Å²) in [5.41, 5.74) is 0.832. The average molecular weight is 396 g/mol. The van der Waals surface area contributed by atoms with E-state index >= 15 is 0 Å². The van der Waals surface area contributed by atoms with Crippen LogP contribution in [0.3, 0.4) is 0 Å². The van der Waals surface area contributed by atoms with E-state index in [-0.39, 0.29) is 23.2 Å². The van der Waals surface area contributed by atoms with Crippen LogP contribution in [-0.4, -0.2) is 47.1 Å². The second kappa shape index (κ2) is 7.90. The van der Waals surface area contributed by atoms with Crippen LogP contribution in [-0.2, 0) is 4.79 Å². The van der Waals surface area contributed by atoms with Crippen molar-refractivity contribution < 1.29 is 18.7 Å². The SMILES string of the molecule is COc1cccc(C(=O)N2CCC(C(=O)Nc3n[nH]c4c(F)cccc34)CC2)c1. The maximum atomic E-state index is 13.8. The molecule has 8 heteroatoms. The molecule has 0 aliphatic carbocycles. The van der Waals surface area contributed by atoms with Gasteiger partial charge in [-0.15, -0.1) is 0 Å². The largest absolute Gasteiger partial charge is 0.497 e. The summed E-state index contributed by atoms with van der Waals surface area (Å²) in [7, 11) is 1.56. The molecule has 2 amide bonds. The van der Waals surface area contributed by atoms with E-state index in [2.05, 4.69) is 15.5 Å². The minimum Gasteiger partial charge on any atom is -0.497 e. The Morgan fingerprint density at radius 2 is 1.97 bits per heavy atom. The number of halogens is 1. The fourth-order valence-corrected chi connectivity index (χ4v) is 3.60. The van der Waals surface area contributed by atoms with Crippen LogP contribution in [0.15, 0.2) is 42.5 Å². The van der Waals surface area contributed by atoms with Gasteiger partial charge in [0.05, 0.1) is 7.11 Å². The Bertz CT molecular complexity index is 1060. The molecule has 1 aromatic heterocycles. The highest BCUT2D eigenvalue weighted by molar-refractivity contribution is 6.00. The van der Waals surface area contributed by atoms with E-state index in [1.54, 1.807) is 48.4 Å². The third kappa shape index (κ3) is 3.78. The van der Waals surface area contributed by atoms with Gasteiger partial charge in [0, 0.05) is 30.0 Å². The van der Waals surface area contributed by atoms with Gasteiger partial charge in [0.15, 0.2) is 5.82 Å². The van der Waals surface area contributed by atoms with Crippen LogP contribution in [0.4, 0.5) is 10.2 Å². The summed E-state index contributed by atoms with van der Waals surface area (Å²) in [6, 6.07) is 11.6. The van der Waals surface area contributed by atoms with Crippen LogP contribution in [0, 0.1) is 11.7 Å². The summed E-state index contributed by atoms with van der Waals surface area (Å²) >= 11 is 0.